The van der Waals surface area contributed by atoms with Crippen molar-refractivity contribution in [3.05, 3.63) is 23.8 Å². The fourth-order valence-electron chi connectivity index (χ4n) is 5.20. The number of fused-ring (bicyclic) bond motifs is 1. The van der Waals surface area contributed by atoms with Gasteiger partial charge >= 0.3 is 0 Å². The van der Waals surface area contributed by atoms with Crippen LogP contribution < -0.4 is 15.4 Å². The molecule has 0 radical (unpaired) electrons. The summed E-state index contributed by atoms with van der Waals surface area (Å²) < 4.78 is 34.5. The van der Waals surface area contributed by atoms with Gasteiger partial charge < -0.3 is 20.1 Å². The van der Waals surface area contributed by atoms with Crippen molar-refractivity contribution in [2.45, 2.75) is 36.8 Å². The van der Waals surface area contributed by atoms with E-state index in [0.29, 0.717) is 56.4 Å². The van der Waals surface area contributed by atoms with Crippen LogP contribution in [0.1, 0.15) is 24.8 Å². The lowest BCUT2D eigenvalue weighted by Gasteiger charge is -2.44. The minimum Gasteiger partial charge on any atom is -0.495 e. The van der Waals surface area contributed by atoms with Crippen molar-refractivity contribution in [3.8, 4) is 11.8 Å². The van der Waals surface area contributed by atoms with Crippen molar-refractivity contribution < 1.29 is 22.7 Å². The summed E-state index contributed by atoms with van der Waals surface area (Å²) in [5, 5.41) is 15.5. The lowest BCUT2D eigenvalue weighted by molar-refractivity contribution is -0.130. The molecular formula is C24H33ClN4O5S. The van der Waals surface area contributed by atoms with Gasteiger partial charge in [0, 0.05) is 44.0 Å². The molecule has 35 heavy (non-hydrogen) atoms. The second-order valence-electron chi connectivity index (χ2n) is 9.61. The number of nitriles is 1. The SMILES string of the molecule is COc1cc(NCC2CC3CC(Cl)C(OCCN4CCS(=O)(=O)CC4)CC3NC2=O)ccc1C#N. The molecule has 4 rings (SSSR count). The molecule has 0 bridgehead atoms. The number of nitrogens with zero attached hydrogens (tertiary/aromatic N) is 2. The van der Waals surface area contributed by atoms with Crippen LogP contribution in [-0.2, 0) is 19.4 Å². The van der Waals surface area contributed by atoms with Gasteiger partial charge in [0.2, 0.25) is 5.91 Å². The first-order chi connectivity index (χ1) is 16.8. The number of alkyl halides is 1. The zero-order valence-electron chi connectivity index (χ0n) is 19.9. The Morgan fingerprint density at radius 1 is 1.26 bits per heavy atom. The van der Waals surface area contributed by atoms with Gasteiger partial charge in [-0.1, -0.05) is 0 Å². The van der Waals surface area contributed by atoms with E-state index < -0.39 is 9.84 Å². The number of rotatable bonds is 8. The van der Waals surface area contributed by atoms with Gasteiger partial charge in [-0.3, -0.25) is 9.69 Å². The number of methoxy groups -OCH3 is 1. The number of carbonyl (C=O) groups is 1. The molecule has 3 aliphatic rings. The minimum absolute atomic E-state index is 0.0284. The summed E-state index contributed by atoms with van der Waals surface area (Å²) in [6.45, 7) is 2.77. The van der Waals surface area contributed by atoms with Gasteiger partial charge in [0.15, 0.2) is 9.84 Å². The van der Waals surface area contributed by atoms with E-state index in [0.717, 1.165) is 18.5 Å². The molecule has 1 aromatic rings. The van der Waals surface area contributed by atoms with Crippen molar-refractivity contribution >= 4 is 33.0 Å². The Hall–Kier alpha value is -2.06. The second-order valence-corrected chi connectivity index (χ2v) is 12.5. The molecule has 0 spiro atoms. The number of anilines is 1. The number of sulfone groups is 1. The molecule has 11 heteroatoms. The molecule has 5 unspecified atom stereocenters. The number of hydrogen-bond donors (Lipinski definition) is 2. The lowest BCUT2D eigenvalue weighted by Crippen LogP contribution is -2.56. The second kappa shape index (κ2) is 11.3. The predicted octanol–water partition coefficient (Wildman–Crippen LogP) is 1.62. The van der Waals surface area contributed by atoms with E-state index in [1.807, 2.05) is 6.07 Å². The summed E-state index contributed by atoms with van der Waals surface area (Å²) in [5.41, 5.74) is 1.27. The fraction of sp³-hybridized carbons (Fsp3) is 0.667. The molecule has 2 aliphatic heterocycles. The monoisotopic (exact) mass is 524 g/mol. The maximum Gasteiger partial charge on any atom is 0.225 e. The zero-order chi connectivity index (χ0) is 25.0. The van der Waals surface area contributed by atoms with E-state index >= 15 is 0 Å². The maximum absolute atomic E-state index is 12.8. The molecule has 2 N–H and O–H groups in total. The molecule has 1 amide bonds. The summed E-state index contributed by atoms with van der Waals surface area (Å²) in [7, 11) is -1.36. The van der Waals surface area contributed by atoms with Crippen molar-refractivity contribution in [1.29, 1.82) is 5.26 Å². The van der Waals surface area contributed by atoms with E-state index in [2.05, 4.69) is 21.6 Å². The van der Waals surface area contributed by atoms with E-state index in [-0.39, 0.29) is 40.9 Å². The number of ether oxygens (including phenoxy) is 2. The Balaban J connectivity index is 1.24. The summed E-state index contributed by atoms with van der Waals surface area (Å²) in [6.07, 6.45) is 2.09. The Morgan fingerprint density at radius 2 is 2.03 bits per heavy atom. The van der Waals surface area contributed by atoms with Crippen LogP contribution in [0.2, 0.25) is 0 Å². The van der Waals surface area contributed by atoms with Crippen LogP contribution in [-0.4, -0.2) is 88.1 Å². The van der Waals surface area contributed by atoms with Crippen LogP contribution in [0.5, 0.6) is 5.75 Å². The van der Waals surface area contributed by atoms with Crippen molar-refractivity contribution in [1.82, 2.24) is 10.2 Å². The topological polar surface area (TPSA) is 121 Å². The molecule has 9 nitrogen and oxygen atoms in total. The number of halogens is 1. The van der Waals surface area contributed by atoms with Crippen LogP contribution >= 0.6 is 11.6 Å². The van der Waals surface area contributed by atoms with Crippen LogP contribution in [0, 0.1) is 23.2 Å². The normalized spacial score (nSPS) is 30.5. The predicted molar refractivity (Wildman–Crippen MR) is 133 cm³/mol. The Kier molecular flexibility index (Phi) is 8.42. The van der Waals surface area contributed by atoms with Gasteiger partial charge in [-0.15, -0.1) is 11.6 Å². The molecule has 1 saturated carbocycles. The molecule has 0 aromatic heterocycles. The Morgan fingerprint density at radius 3 is 2.74 bits per heavy atom. The van der Waals surface area contributed by atoms with Crippen molar-refractivity contribution in [3.63, 3.8) is 0 Å². The number of benzene rings is 1. The molecule has 1 aromatic carbocycles. The number of carbonyl (C=O) groups excluding carboxylic acids is 1. The summed E-state index contributed by atoms with van der Waals surface area (Å²) >= 11 is 6.69. The zero-order valence-corrected chi connectivity index (χ0v) is 21.5. The third-order valence-electron chi connectivity index (χ3n) is 7.32. The summed E-state index contributed by atoms with van der Waals surface area (Å²) in [6, 6.07) is 7.42. The highest BCUT2D eigenvalue weighted by Crippen LogP contribution is 2.37. The molecule has 3 fully saturated rings. The van der Waals surface area contributed by atoms with E-state index in [4.69, 9.17) is 26.3 Å². The van der Waals surface area contributed by atoms with Gasteiger partial charge in [0.25, 0.3) is 0 Å². The number of amides is 1. The third-order valence-corrected chi connectivity index (χ3v) is 9.39. The van der Waals surface area contributed by atoms with E-state index in [9.17, 15) is 13.2 Å². The summed E-state index contributed by atoms with van der Waals surface area (Å²) in [5.74, 6) is 1.07. The first-order valence-corrected chi connectivity index (χ1v) is 14.3. The quantitative estimate of drug-likeness (QED) is 0.492. The molecular weight excluding hydrogens is 492 g/mol. The van der Waals surface area contributed by atoms with Gasteiger partial charge in [0.1, 0.15) is 11.8 Å². The average molecular weight is 525 g/mol. The Labute approximate surface area is 212 Å². The molecule has 192 valence electrons. The van der Waals surface area contributed by atoms with Gasteiger partial charge in [-0.05, 0) is 37.3 Å². The Bertz CT molecular complexity index is 1050. The smallest absolute Gasteiger partial charge is 0.225 e. The lowest BCUT2D eigenvalue weighted by atomic mass is 9.74. The van der Waals surface area contributed by atoms with Gasteiger partial charge in [-0.2, -0.15) is 5.26 Å². The maximum atomic E-state index is 12.8. The van der Waals surface area contributed by atoms with Gasteiger partial charge in [0.05, 0.1) is 48.2 Å². The number of hydrogen-bond acceptors (Lipinski definition) is 8. The van der Waals surface area contributed by atoms with Crippen LogP contribution in [0.15, 0.2) is 18.2 Å². The van der Waals surface area contributed by atoms with Crippen molar-refractivity contribution in [2.24, 2.45) is 11.8 Å². The molecule has 1 aliphatic carbocycles. The number of piperidine rings is 1. The summed E-state index contributed by atoms with van der Waals surface area (Å²) in [4.78, 5) is 14.9. The first kappa shape index (κ1) is 26.0. The number of nitrogens with one attached hydrogen (secondary N) is 2. The minimum atomic E-state index is -2.88. The van der Waals surface area contributed by atoms with E-state index in [1.54, 1.807) is 12.1 Å². The van der Waals surface area contributed by atoms with Crippen LogP contribution in [0.25, 0.3) is 0 Å². The highest BCUT2D eigenvalue weighted by atomic mass is 35.5. The van der Waals surface area contributed by atoms with Crippen LogP contribution in [0.4, 0.5) is 5.69 Å². The van der Waals surface area contributed by atoms with Crippen molar-refractivity contribution in [2.75, 3.05) is 56.7 Å². The van der Waals surface area contributed by atoms with Gasteiger partial charge in [-0.25, -0.2) is 8.42 Å². The van der Waals surface area contributed by atoms with E-state index in [1.165, 1.54) is 7.11 Å². The standard InChI is InChI=1S/C24H33ClN4O5S/c1-33-22-12-19(3-2-16(22)14-26)27-15-18-10-17-11-20(25)23(13-21(17)28-24(18)30)34-7-4-29-5-8-35(31,32)9-6-29/h2-3,12,17-18,20-21,23,27H,4-11,13,15H2,1H3,(H,28,30). The first-order valence-electron chi connectivity index (χ1n) is 12.1. The fourth-order valence-corrected chi connectivity index (χ4v) is 6.88. The average Bonchev–Trinajstić information content (AvgIpc) is 2.84. The molecule has 2 heterocycles. The van der Waals surface area contributed by atoms with Crippen LogP contribution in [0.3, 0.4) is 0 Å². The third kappa shape index (κ3) is 6.58. The molecule has 5 atom stereocenters. The highest BCUT2D eigenvalue weighted by Gasteiger charge is 2.43. The molecule has 2 saturated heterocycles. The highest BCUT2D eigenvalue weighted by molar-refractivity contribution is 7.91. The largest absolute Gasteiger partial charge is 0.495 e.